The highest BCUT2D eigenvalue weighted by molar-refractivity contribution is 14.1. The largest absolute Gasteiger partial charge is 0.490 e. The molecule has 2 rings (SSSR count). The van der Waals surface area contributed by atoms with Crippen LogP contribution in [-0.4, -0.2) is 22.2 Å². The Kier molecular flexibility index (Phi) is 3.52. The van der Waals surface area contributed by atoms with E-state index in [2.05, 4.69) is 10.2 Å². The lowest BCUT2D eigenvalue weighted by Gasteiger charge is -2.05. The standard InChI is InChI=1S/C9H6IN3O3S/c1-16-7-5(8-11-12-9(10)17-8)3-2-4-6(7)13(14)15/h2-4H,1H3. The van der Waals surface area contributed by atoms with Crippen molar-refractivity contribution in [2.45, 2.75) is 0 Å². The number of methoxy groups -OCH3 is 1. The summed E-state index contributed by atoms with van der Waals surface area (Å²) in [6, 6.07) is 4.72. The van der Waals surface area contributed by atoms with Crippen LogP contribution in [0.4, 0.5) is 5.69 Å². The third-order valence-corrected chi connectivity index (χ3v) is 3.65. The van der Waals surface area contributed by atoms with Crippen molar-refractivity contribution in [3.05, 3.63) is 31.3 Å². The Labute approximate surface area is 114 Å². The zero-order chi connectivity index (χ0) is 12.4. The van der Waals surface area contributed by atoms with E-state index in [1.807, 2.05) is 22.6 Å². The Morgan fingerprint density at radius 2 is 2.24 bits per heavy atom. The molecule has 0 spiro atoms. The molecule has 2 aromatic rings. The van der Waals surface area contributed by atoms with Gasteiger partial charge < -0.3 is 4.74 Å². The molecule has 0 saturated heterocycles. The second-order valence-electron chi connectivity index (χ2n) is 2.98. The Morgan fingerprint density at radius 1 is 1.47 bits per heavy atom. The summed E-state index contributed by atoms with van der Waals surface area (Å²) in [6.07, 6.45) is 0. The van der Waals surface area contributed by atoms with Crippen LogP contribution in [0.2, 0.25) is 0 Å². The van der Waals surface area contributed by atoms with Gasteiger partial charge in [-0.25, -0.2) is 0 Å². The number of nitrogens with zero attached hydrogens (tertiary/aromatic N) is 3. The smallest absolute Gasteiger partial charge is 0.311 e. The topological polar surface area (TPSA) is 78.2 Å². The van der Waals surface area contributed by atoms with Crippen LogP contribution in [0.25, 0.3) is 10.6 Å². The molecule has 0 unspecified atom stereocenters. The molecule has 1 aromatic carbocycles. The summed E-state index contributed by atoms with van der Waals surface area (Å²) in [5, 5.41) is 19.3. The van der Waals surface area contributed by atoms with Gasteiger partial charge in [0.25, 0.3) is 0 Å². The van der Waals surface area contributed by atoms with Crippen molar-refractivity contribution < 1.29 is 9.66 Å². The fourth-order valence-corrected chi connectivity index (χ4v) is 2.69. The molecule has 0 bridgehead atoms. The van der Waals surface area contributed by atoms with Gasteiger partial charge in [-0.2, -0.15) is 0 Å². The predicted octanol–water partition coefficient (Wildman–Crippen LogP) is 2.73. The fourth-order valence-electron chi connectivity index (χ4n) is 1.37. The van der Waals surface area contributed by atoms with Gasteiger partial charge in [-0.15, -0.1) is 10.2 Å². The Bertz CT molecular complexity index is 572. The van der Waals surface area contributed by atoms with Crippen molar-refractivity contribution in [1.29, 1.82) is 0 Å². The minimum Gasteiger partial charge on any atom is -0.490 e. The van der Waals surface area contributed by atoms with Crippen LogP contribution in [0, 0.1) is 13.1 Å². The van der Waals surface area contributed by atoms with Crippen molar-refractivity contribution >= 4 is 39.6 Å². The Hall–Kier alpha value is -1.29. The van der Waals surface area contributed by atoms with Crippen molar-refractivity contribution in [3.63, 3.8) is 0 Å². The fraction of sp³-hybridized carbons (Fsp3) is 0.111. The summed E-state index contributed by atoms with van der Waals surface area (Å²) in [4.78, 5) is 10.4. The van der Waals surface area contributed by atoms with Gasteiger partial charge >= 0.3 is 5.69 Å². The minimum atomic E-state index is -0.478. The molecule has 0 aliphatic heterocycles. The van der Waals surface area contributed by atoms with Gasteiger partial charge in [0, 0.05) is 6.07 Å². The molecule has 0 saturated carbocycles. The predicted molar refractivity (Wildman–Crippen MR) is 71.3 cm³/mol. The van der Waals surface area contributed by atoms with E-state index in [0.29, 0.717) is 10.6 Å². The maximum atomic E-state index is 10.9. The van der Waals surface area contributed by atoms with E-state index in [1.54, 1.807) is 12.1 Å². The van der Waals surface area contributed by atoms with Crippen LogP contribution in [-0.2, 0) is 0 Å². The van der Waals surface area contributed by atoms with Gasteiger partial charge in [0.1, 0.15) is 0 Å². The monoisotopic (exact) mass is 363 g/mol. The molecule has 1 aromatic heterocycles. The first kappa shape index (κ1) is 12.2. The van der Waals surface area contributed by atoms with Gasteiger partial charge in [-0.05, 0) is 28.7 Å². The van der Waals surface area contributed by atoms with Gasteiger partial charge in [0.05, 0.1) is 17.6 Å². The molecule has 17 heavy (non-hydrogen) atoms. The lowest BCUT2D eigenvalue weighted by Crippen LogP contribution is -1.95. The summed E-state index contributed by atoms with van der Waals surface area (Å²) in [5.74, 6) is 0.213. The molecule has 6 nitrogen and oxygen atoms in total. The zero-order valence-corrected chi connectivity index (χ0v) is 11.6. The molecular weight excluding hydrogens is 357 g/mol. The number of halogens is 1. The maximum absolute atomic E-state index is 10.9. The summed E-state index contributed by atoms with van der Waals surface area (Å²) in [7, 11) is 1.40. The molecule has 8 heteroatoms. The van der Waals surface area contributed by atoms with Crippen LogP contribution in [0.5, 0.6) is 5.75 Å². The molecule has 0 aliphatic rings. The van der Waals surface area contributed by atoms with Crippen molar-refractivity contribution in [2.75, 3.05) is 7.11 Å². The molecular formula is C9H6IN3O3S. The number of benzene rings is 1. The number of hydrogen-bond donors (Lipinski definition) is 0. The van der Waals surface area contributed by atoms with E-state index in [-0.39, 0.29) is 11.4 Å². The van der Waals surface area contributed by atoms with Crippen LogP contribution >= 0.6 is 33.9 Å². The first-order chi connectivity index (χ1) is 8.13. The molecule has 0 aliphatic carbocycles. The number of ether oxygens (including phenoxy) is 1. The minimum absolute atomic E-state index is 0.0739. The van der Waals surface area contributed by atoms with Gasteiger partial charge in [0.2, 0.25) is 5.75 Å². The van der Waals surface area contributed by atoms with E-state index >= 15 is 0 Å². The average molecular weight is 363 g/mol. The summed E-state index contributed by atoms with van der Waals surface area (Å²) in [5.41, 5.74) is 0.511. The van der Waals surface area contributed by atoms with Crippen LogP contribution < -0.4 is 4.74 Å². The van der Waals surface area contributed by atoms with Gasteiger partial charge in [-0.1, -0.05) is 17.4 Å². The number of hydrogen-bond acceptors (Lipinski definition) is 6. The quantitative estimate of drug-likeness (QED) is 0.476. The molecule has 0 amide bonds. The van der Waals surface area contributed by atoms with Crippen LogP contribution in [0.3, 0.4) is 0 Å². The normalized spacial score (nSPS) is 10.2. The molecule has 1 heterocycles. The SMILES string of the molecule is COc1c(-c2nnc(I)s2)cccc1[N+](=O)[O-]. The lowest BCUT2D eigenvalue weighted by molar-refractivity contribution is -0.385. The van der Waals surface area contributed by atoms with Crippen molar-refractivity contribution in [2.24, 2.45) is 0 Å². The molecule has 0 atom stereocenters. The average Bonchev–Trinajstić information content (AvgIpc) is 2.74. The summed E-state index contributed by atoms with van der Waals surface area (Å²) < 4.78 is 5.87. The number of rotatable bonds is 3. The number of nitro benzene ring substituents is 1. The van der Waals surface area contributed by atoms with E-state index in [1.165, 1.54) is 24.5 Å². The highest BCUT2D eigenvalue weighted by Crippen LogP contribution is 2.38. The molecule has 0 radical (unpaired) electrons. The third kappa shape index (κ3) is 2.36. The molecule has 0 N–H and O–H groups in total. The zero-order valence-electron chi connectivity index (χ0n) is 8.58. The van der Waals surface area contributed by atoms with Gasteiger partial charge in [0.15, 0.2) is 8.02 Å². The molecule has 88 valence electrons. The third-order valence-electron chi connectivity index (χ3n) is 2.03. The first-order valence-electron chi connectivity index (χ1n) is 4.44. The summed E-state index contributed by atoms with van der Waals surface area (Å²) in [6.45, 7) is 0. The highest BCUT2D eigenvalue weighted by atomic mass is 127. The number of para-hydroxylation sites is 1. The summed E-state index contributed by atoms with van der Waals surface area (Å²) >= 11 is 3.40. The van der Waals surface area contributed by atoms with Crippen LogP contribution in [0.15, 0.2) is 18.2 Å². The van der Waals surface area contributed by atoms with Crippen molar-refractivity contribution in [3.8, 4) is 16.3 Å². The first-order valence-corrected chi connectivity index (χ1v) is 6.33. The van der Waals surface area contributed by atoms with Crippen molar-refractivity contribution in [1.82, 2.24) is 10.2 Å². The second kappa shape index (κ2) is 4.92. The Morgan fingerprint density at radius 3 is 2.76 bits per heavy atom. The van der Waals surface area contributed by atoms with Gasteiger partial charge in [-0.3, -0.25) is 10.1 Å². The van der Waals surface area contributed by atoms with Crippen LogP contribution in [0.1, 0.15) is 0 Å². The van der Waals surface area contributed by atoms with E-state index < -0.39 is 4.92 Å². The second-order valence-corrected chi connectivity index (χ2v) is 5.71. The number of nitro groups is 1. The highest BCUT2D eigenvalue weighted by Gasteiger charge is 2.21. The molecule has 0 fully saturated rings. The maximum Gasteiger partial charge on any atom is 0.311 e. The van der Waals surface area contributed by atoms with E-state index in [4.69, 9.17) is 4.74 Å². The lowest BCUT2D eigenvalue weighted by atomic mass is 10.2. The van der Waals surface area contributed by atoms with E-state index in [0.717, 1.165) is 3.01 Å². The Balaban J connectivity index is 2.61. The number of aromatic nitrogens is 2. The van der Waals surface area contributed by atoms with E-state index in [9.17, 15) is 10.1 Å².